The molecular formula is C18H25N3O10. The van der Waals surface area contributed by atoms with Crippen LogP contribution in [0.5, 0.6) is 0 Å². The lowest BCUT2D eigenvalue weighted by atomic mass is 9.87. The molecule has 2 rings (SSSR count). The number of carbonyl (C=O) groups excluding carboxylic acids is 4. The quantitative estimate of drug-likeness (QED) is 0.173. The van der Waals surface area contributed by atoms with Gasteiger partial charge in [-0.2, -0.15) is 0 Å². The van der Waals surface area contributed by atoms with Gasteiger partial charge in [0.2, 0.25) is 12.4 Å². The summed E-state index contributed by atoms with van der Waals surface area (Å²) in [7, 11) is 0. The Kier molecular flexibility index (Phi) is 8.20. The lowest BCUT2D eigenvalue weighted by molar-refractivity contribution is -0.297. The molecule has 0 aromatic heterocycles. The second-order valence-corrected chi connectivity index (χ2v) is 7.32. The minimum Gasteiger partial charge on any atom is -0.456 e. The molecule has 2 fully saturated rings. The molecule has 13 nitrogen and oxygen atoms in total. The van der Waals surface area contributed by atoms with E-state index in [1.54, 1.807) is 0 Å². The van der Waals surface area contributed by atoms with Crippen molar-refractivity contribution >= 4 is 23.9 Å². The molecule has 0 amide bonds. The molecule has 0 radical (unpaired) electrons. The van der Waals surface area contributed by atoms with Crippen LogP contribution in [0.3, 0.4) is 0 Å². The fraction of sp³-hybridized carbons (Fsp3) is 0.778. The van der Waals surface area contributed by atoms with Crippen LogP contribution in [0.4, 0.5) is 0 Å². The monoisotopic (exact) mass is 443 g/mol. The Morgan fingerprint density at radius 2 is 1.42 bits per heavy atom. The molecular weight excluding hydrogens is 418 g/mol. The molecule has 2 aliphatic rings. The summed E-state index contributed by atoms with van der Waals surface area (Å²) >= 11 is 0. The second kappa shape index (κ2) is 10.4. The van der Waals surface area contributed by atoms with Crippen molar-refractivity contribution in [3.8, 4) is 0 Å². The minimum absolute atomic E-state index is 0.169. The van der Waals surface area contributed by atoms with E-state index in [4.69, 9.17) is 34.0 Å². The van der Waals surface area contributed by atoms with Crippen molar-refractivity contribution in [2.75, 3.05) is 13.2 Å². The summed E-state index contributed by atoms with van der Waals surface area (Å²) in [5, 5.41) is 3.77. The highest BCUT2D eigenvalue weighted by atomic mass is 16.7. The van der Waals surface area contributed by atoms with Crippen LogP contribution in [0.15, 0.2) is 5.11 Å². The van der Waals surface area contributed by atoms with Crippen LogP contribution in [0, 0.1) is 0 Å². The van der Waals surface area contributed by atoms with Gasteiger partial charge in [0.25, 0.3) is 0 Å². The summed E-state index contributed by atoms with van der Waals surface area (Å²) in [6.07, 6.45) is -5.75. The lowest BCUT2D eigenvalue weighted by Crippen LogP contribution is -2.62. The number of esters is 4. The van der Waals surface area contributed by atoms with Gasteiger partial charge in [0.1, 0.15) is 6.10 Å². The van der Waals surface area contributed by atoms with Gasteiger partial charge in [0.15, 0.2) is 12.2 Å². The molecule has 31 heavy (non-hydrogen) atoms. The molecule has 0 aromatic rings. The SMILES string of the molecule is CC(=O)O[C@H]1O[C@H](CCC2(N=[N+]=[N-])COC2)[C@@H](OC(C)=O)[C@H](OC(C)=O)[C@@H]1OC(C)=O. The van der Waals surface area contributed by atoms with Gasteiger partial charge in [-0.15, -0.1) is 0 Å². The predicted octanol–water partition coefficient (Wildman–Crippen LogP) is 0.929. The molecule has 0 spiro atoms. The highest BCUT2D eigenvalue weighted by molar-refractivity contribution is 5.69. The summed E-state index contributed by atoms with van der Waals surface area (Å²) in [5.74, 6) is -2.91. The van der Waals surface area contributed by atoms with Crippen molar-refractivity contribution < 1.29 is 47.6 Å². The van der Waals surface area contributed by atoms with Crippen LogP contribution in [0.25, 0.3) is 10.4 Å². The Hall–Kier alpha value is -2.89. The molecule has 0 unspecified atom stereocenters. The van der Waals surface area contributed by atoms with E-state index in [0.29, 0.717) is 0 Å². The molecule has 0 saturated carbocycles. The summed E-state index contributed by atoms with van der Waals surface area (Å²) in [4.78, 5) is 49.6. The molecule has 0 aliphatic carbocycles. The summed E-state index contributed by atoms with van der Waals surface area (Å²) < 4.78 is 32.0. The molecule has 0 N–H and O–H groups in total. The number of hydrogen-bond acceptors (Lipinski definition) is 11. The van der Waals surface area contributed by atoms with Gasteiger partial charge in [-0.05, 0) is 18.4 Å². The van der Waals surface area contributed by atoms with E-state index in [2.05, 4.69) is 10.0 Å². The van der Waals surface area contributed by atoms with Crippen LogP contribution in [-0.2, 0) is 47.6 Å². The third-order valence-corrected chi connectivity index (χ3v) is 4.67. The number of azide groups is 1. The zero-order chi connectivity index (χ0) is 23.2. The van der Waals surface area contributed by atoms with Crippen molar-refractivity contribution in [2.45, 2.75) is 76.8 Å². The Morgan fingerprint density at radius 3 is 1.87 bits per heavy atom. The maximum Gasteiger partial charge on any atom is 0.305 e. The second-order valence-electron chi connectivity index (χ2n) is 7.32. The Bertz CT molecular complexity index is 762. The van der Waals surface area contributed by atoms with Crippen LogP contribution in [0.2, 0.25) is 0 Å². The Morgan fingerprint density at radius 1 is 0.903 bits per heavy atom. The van der Waals surface area contributed by atoms with E-state index in [0.717, 1.165) is 27.7 Å². The van der Waals surface area contributed by atoms with Gasteiger partial charge >= 0.3 is 23.9 Å². The van der Waals surface area contributed by atoms with E-state index >= 15 is 0 Å². The van der Waals surface area contributed by atoms with Crippen molar-refractivity contribution in [2.24, 2.45) is 5.11 Å². The average Bonchev–Trinajstić information content (AvgIpc) is 2.61. The van der Waals surface area contributed by atoms with Crippen molar-refractivity contribution in [3.05, 3.63) is 10.4 Å². The highest BCUT2D eigenvalue weighted by Crippen LogP contribution is 2.35. The number of hydrogen-bond donors (Lipinski definition) is 0. The smallest absolute Gasteiger partial charge is 0.305 e. The Balaban J connectivity index is 2.36. The predicted molar refractivity (Wildman–Crippen MR) is 99.0 cm³/mol. The molecule has 5 atom stereocenters. The minimum atomic E-state index is -1.42. The third-order valence-electron chi connectivity index (χ3n) is 4.67. The normalized spacial score (nSPS) is 28.8. The number of rotatable bonds is 8. The van der Waals surface area contributed by atoms with Crippen LogP contribution in [-0.4, -0.2) is 73.3 Å². The molecule has 0 bridgehead atoms. The fourth-order valence-corrected chi connectivity index (χ4v) is 3.44. The van der Waals surface area contributed by atoms with E-state index in [9.17, 15) is 19.2 Å². The summed E-state index contributed by atoms with van der Waals surface area (Å²) in [5.41, 5.74) is 8.02. The molecule has 13 heteroatoms. The number of ether oxygens (including phenoxy) is 6. The first-order valence-electron chi connectivity index (χ1n) is 9.55. The number of nitrogens with zero attached hydrogens (tertiary/aromatic N) is 3. The zero-order valence-corrected chi connectivity index (χ0v) is 17.6. The summed E-state index contributed by atoms with van der Waals surface area (Å²) in [6, 6.07) is 0. The maximum absolute atomic E-state index is 11.8. The highest BCUT2D eigenvalue weighted by Gasteiger charge is 2.53. The van der Waals surface area contributed by atoms with E-state index in [-0.39, 0.29) is 26.1 Å². The largest absolute Gasteiger partial charge is 0.456 e. The standard InChI is InChI=1S/C18H25N3O10/c1-9(22)27-14-13(5-6-18(20-21-19)7-26-8-18)31-17(30-12(4)25)16(29-11(3)24)15(14)28-10(2)23/h13-17H,5-8H2,1-4H3/t13-,14-,15+,16+,17+/m1/s1. The first-order valence-corrected chi connectivity index (χ1v) is 9.55. The van der Waals surface area contributed by atoms with Crippen LogP contribution < -0.4 is 0 Å². The van der Waals surface area contributed by atoms with Crippen molar-refractivity contribution in [1.29, 1.82) is 0 Å². The van der Waals surface area contributed by atoms with Crippen LogP contribution in [0.1, 0.15) is 40.5 Å². The van der Waals surface area contributed by atoms with Gasteiger partial charge in [0.05, 0.1) is 18.8 Å². The summed E-state index contributed by atoms with van der Waals surface area (Å²) in [6.45, 7) is 4.94. The Labute approximate surface area is 177 Å². The van der Waals surface area contributed by atoms with Gasteiger partial charge in [-0.1, -0.05) is 5.11 Å². The molecule has 0 aromatic carbocycles. The van der Waals surface area contributed by atoms with Crippen LogP contribution >= 0.6 is 0 Å². The average molecular weight is 443 g/mol. The first kappa shape index (κ1) is 24.4. The van der Waals surface area contributed by atoms with Gasteiger partial charge in [0, 0.05) is 32.6 Å². The van der Waals surface area contributed by atoms with E-state index in [1.807, 2.05) is 0 Å². The lowest BCUT2D eigenvalue weighted by Gasteiger charge is -2.45. The fourth-order valence-electron chi connectivity index (χ4n) is 3.44. The molecule has 2 saturated heterocycles. The zero-order valence-electron chi connectivity index (χ0n) is 17.6. The molecule has 2 aliphatic heterocycles. The van der Waals surface area contributed by atoms with Crippen molar-refractivity contribution in [1.82, 2.24) is 0 Å². The topological polar surface area (TPSA) is 172 Å². The van der Waals surface area contributed by atoms with Gasteiger partial charge < -0.3 is 28.4 Å². The molecule has 172 valence electrons. The van der Waals surface area contributed by atoms with E-state index in [1.165, 1.54) is 0 Å². The first-order chi connectivity index (χ1) is 14.6. The van der Waals surface area contributed by atoms with E-state index < -0.39 is 60.1 Å². The van der Waals surface area contributed by atoms with Gasteiger partial charge in [-0.3, -0.25) is 19.2 Å². The number of carbonyl (C=O) groups is 4. The maximum atomic E-state index is 11.8. The van der Waals surface area contributed by atoms with Crippen molar-refractivity contribution in [3.63, 3.8) is 0 Å². The van der Waals surface area contributed by atoms with Gasteiger partial charge in [-0.25, -0.2) is 0 Å². The molecule has 2 heterocycles. The third kappa shape index (κ3) is 6.54.